The topological polar surface area (TPSA) is 51.2 Å². The molecule has 122 valence electrons. The maximum Gasteiger partial charge on any atom is 0.261 e. The molecule has 1 N–H and O–H groups in total. The third-order valence-electron chi connectivity index (χ3n) is 3.49. The summed E-state index contributed by atoms with van der Waals surface area (Å²) in [6.45, 7) is 2.19. The van der Waals surface area contributed by atoms with E-state index < -0.39 is 6.10 Å². The van der Waals surface area contributed by atoms with Gasteiger partial charge < -0.3 is 10.1 Å². The number of aromatic nitrogens is 1. The molecule has 2 aromatic heterocycles. The van der Waals surface area contributed by atoms with E-state index >= 15 is 0 Å². The van der Waals surface area contributed by atoms with E-state index in [0.717, 1.165) is 16.1 Å². The molecular formula is C19H18N2O2S. The van der Waals surface area contributed by atoms with E-state index in [9.17, 15) is 4.79 Å². The van der Waals surface area contributed by atoms with Crippen molar-refractivity contribution in [3.63, 3.8) is 0 Å². The molecule has 0 fully saturated rings. The number of nitrogens with zero attached hydrogens (tertiary/aromatic N) is 1. The second-order valence-electron chi connectivity index (χ2n) is 5.32. The van der Waals surface area contributed by atoms with Crippen molar-refractivity contribution in [3.05, 3.63) is 71.7 Å². The number of hydrogen-bond acceptors (Lipinski definition) is 4. The van der Waals surface area contributed by atoms with E-state index in [4.69, 9.17) is 4.74 Å². The van der Waals surface area contributed by atoms with Crippen molar-refractivity contribution in [1.29, 1.82) is 0 Å². The van der Waals surface area contributed by atoms with Crippen LogP contribution in [0.4, 0.5) is 0 Å². The third-order valence-corrected chi connectivity index (χ3v) is 4.38. The minimum absolute atomic E-state index is 0.145. The lowest BCUT2D eigenvalue weighted by Crippen LogP contribution is -2.35. The fourth-order valence-corrected chi connectivity index (χ4v) is 2.93. The number of pyridine rings is 1. The van der Waals surface area contributed by atoms with Gasteiger partial charge in [0.2, 0.25) is 0 Å². The van der Waals surface area contributed by atoms with Crippen molar-refractivity contribution in [3.8, 4) is 16.3 Å². The molecule has 5 heteroatoms. The number of benzene rings is 1. The van der Waals surface area contributed by atoms with Crippen LogP contribution in [0.25, 0.3) is 10.6 Å². The average Bonchev–Trinajstić information content (AvgIpc) is 3.15. The van der Waals surface area contributed by atoms with Crippen molar-refractivity contribution in [1.82, 2.24) is 10.3 Å². The normalized spacial score (nSPS) is 11.7. The maximum atomic E-state index is 12.2. The summed E-state index contributed by atoms with van der Waals surface area (Å²) in [4.78, 5) is 17.7. The minimum Gasteiger partial charge on any atom is -0.481 e. The van der Waals surface area contributed by atoms with Gasteiger partial charge in [0, 0.05) is 12.7 Å². The molecule has 2 heterocycles. The number of carbonyl (C=O) groups is 1. The van der Waals surface area contributed by atoms with Crippen molar-refractivity contribution < 1.29 is 9.53 Å². The molecule has 0 aliphatic rings. The lowest BCUT2D eigenvalue weighted by atomic mass is 10.2. The molecular weight excluding hydrogens is 320 g/mol. The van der Waals surface area contributed by atoms with Crippen molar-refractivity contribution >= 4 is 17.2 Å². The summed E-state index contributed by atoms with van der Waals surface area (Å²) in [5.74, 6) is 0.539. The van der Waals surface area contributed by atoms with E-state index in [1.54, 1.807) is 24.5 Å². The lowest BCUT2D eigenvalue weighted by Gasteiger charge is -2.14. The highest BCUT2D eigenvalue weighted by Gasteiger charge is 2.14. The van der Waals surface area contributed by atoms with Gasteiger partial charge in [-0.1, -0.05) is 24.3 Å². The molecule has 0 aliphatic carbocycles. The van der Waals surface area contributed by atoms with Gasteiger partial charge in [-0.2, -0.15) is 0 Å². The van der Waals surface area contributed by atoms with Crippen molar-refractivity contribution in [2.24, 2.45) is 0 Å². The van der Waals surface area contributed by atoms with Crippen LogP contribution in [0.15, 0.2) is 66.2 Å². The number of rotatable bonds is 6. The first-order chi connectivity index (χ1) is 11.7. The Balaban J connectivity index is 1.57. The Kier molecular flexibility index (Phi) is 5.23. The number of hydrogen-bond donors (Lipinski definition) is 1. The van der Waals surface area contributed by atoms with Gasteiger partial charge in [0.25, 0.3) is 5.91 Å². The molecule has 1 unspecified atom stereocenters. The second-order valence-corrected chi connectivity index (χ2v) is 6.27. The zero-order valence-corrected chi connectivity index (χ0v) is 14.1. The van der Waals surface area contributed by atoms with Crippen molar-refractivity contribution in [2.45, 2.75) is 19.6 Å². The summed E-state index contributed by atoms with van der Waals surface area (Å²) >= 11 is 1.65. The van der Waals surface area contributed by atoms with Gasteiger partial charge in [0.15, 0.2) is 6.10 Å². The summed E-state index contributed by atoms with van der Waals surface area (Å²) in [5.41, 5.74) is 1.93. The molecule has 1 aromatic carbocycles. The molecule has 24 heavy (non-hydrogen) atoms. The Morgan fingerprint density at radius 1 is 1.21 bits per heavy atom. The highest BCUT2D eigenvalue weighted by atomic mass is 32.1. The molecule has 1 amide bonds. The third kappa shape index (κ3) is 4.20. The van der Waals surface area contributed by atoms with Crippen LogP contribution in [0.3, 0.4) is 0 Å². The fraction of sp³-hybridized carbons (Fsp3) is 0.158. The number of nitrogens with one attached hydrogen (secondary N) is 1. The van der Waals surface area contributed by atoms with Gasteiger partial charge in [-0.15, -0.1) is 11.3 Å². The van der Waals surface area contributed by atoms with Crippen LogP contribution in [0.2, 0.25) is 0 Å². The van der Waals surface area contributed by atoms with Gasteiger partial charge in [-0.25, -0.2) is 0 Å². The first-order valence-electron chi connectivity index (χ1n) is 7.70. The Morgan fingerprint density at radius 3 is 2.79 bits per heavy atom. The molecule has 0 spiro atoms. The molecule has 3 aromatic rings. The van der Waals surface area contributed by atoms with E-state index in [2.05, 4.69) is 10.3 Å². The monoisotopic (exact) mass is 338 g/mol. The van der Waals surface area contributed by atoms with Crippen LogP contribution in [0.5, 0.6) is 5.75 Å². The summed E-state index contributed by atoms with van der Waals surface area (Å²) in [5, 5.41) is 4.93. The highest BCUT2D eigenvalue weighted by molar-refractivity contribution is 7.13. The molecule has 0 saturated carbocycles. The number of ether oxygens (including phenoxy) is 1. The predicted molar refractivity (Wildman–Crippen MR) is 95.9 cm³/mol. The quantitative estimate of drug-likeness (QED) is 0.742. The summed E-state index contributed by atoms with van der Waals surface area (Å²) in [6.07, 6.45) is 1.21. The van der Waals surface area contributed by atoms with E-state index in [1.165, 1.54) is 0 Å². The van der Waals surface area contributed by atoms with E-state index in [1.807, 2.05) is 60.0 Å². The van der Waals surface area contributed by atoms with Crippen LogP contribution in [-0.4, -0.2) is 17.0 Å². The zero-order valence-electron chi connectivity index (χ0n) is 13.3. The smallest absolute Gasteiger partial charge is 0.261 e. The lowest BCUT2D eigenvalue weighted by molar-refractivity contribution is -0.127. The Hall–Kier alpha value is -2.66. The SMILES string of the molecule is CC(Oc1ccccc1)C(=O)NCc1ccnc(-c2cccs2)c1. The number of carbonyl (C=O) groups excluding carboxylic acids is 1. The number of thiophene rings is 1. The average molecular weight is 338 g/mol. The standard InChI is InChI=1S/C19H18N2O2S/c1-14(23-16-6-3-2-4-7-16)19(22)21-13-15-9-10-20-17(12-15)18-8-5-11-24-18/h2-12,14H,13H2,1H3,(H,21,22). The molecule has 4 nitrogen and oxygen atoms in total. The van der Waals surface area contributed by atoms with Crippen LogP contribution in [-0.2, 0) is 11.3 Å². The Labute approximate surface area is 145 Å². The van der Waals surface area contributed by atoms with Crippen molar-refractivity contribution in [2.75, 3.05) is 0 Å². The molecule has 0 saturated heterocycles. The fourth-order valence-electron chi connectivity index (χ4n) is 2.23. The van der Waals surface area contributed by atoms with Crippen LogP contribution in [0.1, 0.15) is 12.5 Å². The minimum atomic E-state index is -0.550. The van der Waals surface area contributed by atoms with E-state index in [-0.39, 0.29) is 5.91 Å². The molecule has 0 radical (unpaired) electrons. The first kappa shape index (κ1) is 16.2. The van der Waals surface area contributed by atoms with Gasteiger partial charge in [-0.05, 0) is 48.2 Å². The summed E-state index contributed by atoms with van der Waals surface area (Å²) < 4.78 is 5.62. The highest BCUT2D eigenvalue weighted by Crippen LogP contribution is 2.23. The van der Waals surface area contributed by atoms with Gasteiger partial charge in [0.1, 0.15) is 5.75 Å². The van der Waals surface area contributed by atoms with Gasteiger partial charge >= 0.3 is 0 Å². The molecule has 0 aliphatic heterocycles. The summed E-state index contributed by atoms with van der Waals surface area (Å²) in [6, 6.07) is 17.3. The van der Waals surface area contributed by atoms with Crippen LogP contribution >= 0.6 is 11.3 Å². The Morgan fingerprint density at radius 2 is 2.04 bits per heavy atom. The van der Waals surface area contributed by atoms with Crippen LogP contribution in [0, 0.1) is 0 Å². The Bertz CT molecular complexity index is 788. The first-order valence-corrected chi connectivity index (χ1v) is 8.58. The number of amides is 1. The molecule has 3 rings (SSSR count). The van der Waals surface area contributed by atoms with E-state index in [0.29, 0.717) is 12.3 Å². The summed E-state index contributed by atoms with van der Waals surface area (Å²) in [7, 11) is 0. The maximum absolute atomic E-state index is 12.2. The number of para-hydroxylation sites is 1. The van der Waals surface area contributed by atoms with Gasteiger partial charge in [-0.3, -0.25) is 9.78 Å². The predicted octanol–water partition coefficient (Wildman–Crippen LogP) is 3.89. The molecule has 1 atom stereocenters. The van der Waals surface area contributed by atoms with Crippen LogP contribution < -0.4 is 10.1 Å². The largest absolute Gasteiger partial charge is 0.481 e. The zero-order chi connectivity index (χ0) is 16.8. The second kappa shape index (κ2) is 7.75. The molecule has 0 bridgehead atoms. The van der Waals surface area contributed by atoms with Gasteiger partial charge in [0.05, 0.1) is 10.6 Å².